The summed E-state index contributed by atoms with van der Waals surface area (Å²) in [5.41, 5.74) is 1.16. The molecule has 0 saturated carbocycles. The summed E-state index contributed by atoms with van der Waals surface area (Å²) in [5.74, 6) is -0.400. The van der Waals surface area contributed by atoms with Crippen LogP contribution in [0, 0.1) is 11.3 Å². The molecule has 82 valence electrons. The van der Waals surface area contributed by atoms with Crippen LogP contribution < -0.4 is 0 Å². The van der Waals surface area contributed by atoms with Gasteiger partial charge in [-0.25, -0.2) is 0 Å². The third-order valence-corrected chi connectivity index (χ3v) is 2.77. The molecular formula is C11H8BrNO3. The first-order valence-corrected chi connectivity index (χ1v) is 5.16. The van der Waals surface area contributed by atoms with Gasteiger partial charge in [-0.1, -0.05) is 15.9 Å². The molecule has 0 fully saturated rings. The van der Waals surface area contributed by atoms with E-state index in [0.717, 1.165) is 0 Å². The second-order valence-electron chi connectivity index (χ2n) is 3.01. The average Bonchev–Trinajstić information content (AvgIpc) is 2.30. The minimum Gasteiger partial charge on any atom is -0.469 e. The molecule has 1 aromatic carbocycles. The number of ether oxygens (including phenoxy) is 1. The zero-order valence-corrected chi connectivity index (χ0v) is 10.1. The highest BCUT2D eigenvalue weighted by Gasteiger charge is 2.11. The van der Waals surface area contributed by atoms with Crippen LogP contribution in [0.1, 0.15) is 21.5 Å². The Kier molecular flexibility index (Phi) is 4.20. The molecule has 0 heterocycles. The van der Waals surface area contributed by atoms with Crippen molar-refractivity contribution in [2.24, 2.45) is 0 Å². The zero-order valence-electron chi connectivity index (χ0n) is 8.49. The minimum atomic E-state index is -0.400. The first kappa shape index (κ1) is 12.4. The molecule has 0 spiro atoms. The fraction of sp³-hybridized carbons (Fsp3) is 0.182. The Bertz CT molecular complexity index is 477. The van der Waals surface area contributed by atoms with Crippen LogP contribution in [0.2, 0.25) is 0 Å². The molecule has 0 aliphatic carbocycles. The van der Waals surface area contributed by atoms with Crippen molar-refractivity contribution in [1.29, 1.82) is 5.26 Å². The summed E-state index contributed by atoms with van der Waals surface area (Å²) in [4.78, 5) is 21.8. The highest BCUT2D eigenvalue weighted by molar-refractivity contribution is 9.10. The SMILES string of the molecule is COC(=O)Cc1cc(C#N)c(C=O)cc1Br. The van der Waals surface area contributed by atoms with E-state index >= 15 is 0 Å². The van der Waals surface area contributed by atoms with Crippen LogP contribution in [0.3, 0.4) is 0 Å². The summed E-state index contributed by atoms with van der Waals surface area (Å²) in [6.07, 6.45) is 0.663. The van der Waals surface area contributed by atoms with E-state index in [1.807, 2.05) is 6.07 Å². The number of esters is 1. The van der Waals surface area contributed by atoms with Gasteiger partial charge in [-0.15, -0.1) is 0 Å². The molecule has 16 heavy (non-hydrogen) atoms. The largest absolute Gasteiger partial charge is 0.469 e. The molecule has 0 atom stereocenters. The maximum atomic E-state index is 11.1. The van der Waals surface area contributed by atoms with Crippen LogP contribution in [0.25, 0.3) is 0 Å². The van der Waals surface area contributed by atoms with Crippen molar-refractivity contribution in [2.75, 3.05) is 7.11 Å². The molecule has 0 bridgehead atoms. The molecular weight excluding hydrogens is 274 g/mol. The summed E-state index contributed by atoms with van der Waals surface area (Å²) in [5, 5.41) is 8.82. The van der Waals surface area contributed by atoms with E-state index in [9.17, 15) is 9.59 Å². The Morgan fingerprint density at radius 2 is 2.31 bits per heavy atom. The molecule has 1 aromatic rings. The van der Waals surface area contributed by atoms with E-state index < -0.39 is 5.97 Å². The van der Waals surface area contributed by atoms with Crippen molar-refractivity contribution < 1.29 is 14.3 Å². The van der Waals surface area contributed by atoms with Crippen molar-refractivity contribution in [2.45, 2.75) is 6.42 Å². The number of aldehydes is 1. The molecule has 0 N–H and O–H groups in total. The van der Waals surface area contributed by atoms with Gasteiger partial charge < -0.3 is 4.74 Å². The molecule has 0 radical (unpaired) electrons. The van der Waals surface area contributed by atoms with Gasteiger partial charge >= 0.3 is 5.97 Å². The molecule has 5 heteroatoms. The number of carbonyl (C=O) groups excluding carboxylic acids is 2. The van der Waals surface area contributed by atoms with Crippen molar-refractivity contribution in [1.82, 2.24) is 0 Å². The lowest BCUT2D eigenvalue weighted by Crippen LogP contribution is -2.06. The lowest BCUT2D eigenvalue weighted by molar-refractivity contribution is -0.139. The van der Waals surface area contributed by atoms with E-state index in [4.69, 9.17) is 5.26 Å². The molecule has 0 unspecified atom stereocenters. The third kappa shape index (κ3) is 2.67. The number of rotatable bonds is 3. The average molecular weight is 282 g/mol. The third-order valence-electron chi connectivity index (χ3n) is 2.03. The number of methoxy groups -OCH3 is 1. The van der Waals surface area contributed by atoms with E-state index in [1.54, 1.807) is 0 Å². The van der Waals surface area contributed by atoms with Gasteiger partial charge in [-0.2, -0.15) is 5.26 Å². The lowest BCUT2D eigenvalue weighted by atomic mass is 10.0. The van der Waals surface area contributed by atoms with Crippen molar-refractivity contribution in [3.63, 3.8) is 0 Å². The van der Waals surface area contributed by atoms with E-state index in [0.29, 0.717) is 21.9 Å². The topological polar surface area (TPSA) is 67.2 Å². The molecule has 0 aliphatic rings. The van der Waals surface area contributed by atoms with Gasteiger partial charge in [0.15, 0.2) is 6.29 Å². The molecule has 0 saturated heterocycles. The number of halogens is 1. The van der Waals surface area contributed by atoms with Crippen molar-refractivity contribution >= 4 is 28.2 Å². The Balaban J connectivity index is 3.17. The lowest BCUT2D eigenvalue weighted by Gasteiger charge is -2.05. The van der Waals surface area contributed by atoms with E-state index in [-0.39, 0.29) is 12.0 Å². The number of nitrogens with zero attached hydrogens (tertiary/aromatic N) is 1. The monoisotopic (exact) mass is 281 g/mol. The summed E-state index contributed by atoms with van der Waals surface area (Å²) >= 11 is 3.23. The number of nitriles is 1. The Morgan fingerprint density at radius 3 is 2.81 bits per heavy atom. The zero-order chi connectivity index (χ0) is 12.1. The van der Waals surface area contributed by atoms with Gasteiger partial charge in [0.25, 0.3) is 0 Å². The smallest absolute Gasteiger partial charge is 0.310 e. The van der Waals surface area contributed by atoms with Crippen LogP contribution >= 0.6 is 15.9 Å². The number of carbonyl (C=O) groups is 2. The number of hydrogen-bond donors (Lipinski definition) is 0. The minimum absolute atomic E-state index is 0.0604. The molecule has 0 aliphatic heterocycles. The maximum Gasteiger partial charge on any atom is 0.310 e. The standard InChI is InChI=1S/C11H8BrNO3/c1-16-11(15)4-7-2-8(5-13)9(6-14)3-10(7)12/h2-3,6H,4H2,1H3. The molecule has 0 amide bonds. The fourth-order valence-corrected chi connectivity index (χ4v) is 1.69. The van der Waals surface area contributed by atoms with Crippen molar-refractivity contribution in [3.8, 4) is 6.07 Å². The van der Waals surface area contributed by atoms with Crippen molar-refractivity contribution in [3.05, 3.63) is 33.3 Å². The second kappa shape index (κ2) is 5.42. The summed E-state index contributed by atoms with van der Waals surface area (Å²) in [6, 6.07) is 4.92. The van der Waals surface area contributed by atoms with E-state index in [1.165, 1.54) is 19.2 Å². The highest BCUT2D eigenvalue weighted by Crippen LogP contribution is 2.22. The quantitative estimate of drug-likeness (QED) is 0.626. The first-order chi connectivity index (χ1) is 7.62. The van der Waals surface area contributed by atoms with Crippen LogP contribution in [-0.2, 0) is 16.0 Å². The summed E-state index contributed by atoms with van der Waals surface area (Å²) in [6.45, 7) is 0. The fourth-order valence-electron chi connectivity index (χ4n) is 1.19. The van der Waals surface area contributed by atoms with Gasteiger partial charge in [-0.3, -0.25) is 9.59 Å². The molecule has 0 aromatic heterocycles. The predicted molar refractivity (Wildman–Crippen MR) is 60.0 cm³/mol. The predicted octanol–water partition coefficient (Wildman–Crippen LogP) is 1.85. The van der Waals surface area contributed by atoms with Crippen LogP contribution in [0.5, 0.6) is 0 Å². The van der Waals surface area contributed by atoms with Gasteiger partial charge in [0.05, 0.1) is 25.2 Å². The van der Waals surface area contributed by atoms with Gasteiger partial charge in [-0.05, 0) is 17.7 Å². The Hall–Kier alpha value is -1.67. The van der Waals surface area contributed by atoms with Gasteiger partial charge in [0.2, 0.25) is 0 Å². The highest BCUT2D eigenvalue weighted by atomic mass is 79.9. The number of hydrogen-bond acceptors (Lipinski definition) is 4. The summed E-state index contributed by atoms with van der Waals surface area (Å²) in [7, 11) is 1.29. The normalized spacial score (nSPS) is 9.31. The summed E-state index contributed by atoms with van der Waals surface area (Å²) < 4.78 is 5.14. The maximum absolute atomic E-state index is 11.1. The second-order valence-corrected chi connectivity index (χ2v) is 3.87. The van der Waals surface area contributed by atoms with Crippen LogP contribution in [0.15, 0.2) is 16.6 Å². The van der Waals surface area contributed by atoms with Gasteiger partial charge in [0.1, 0.15) is 0 Å². The van der Waals surface area contributed by atoms with Crippen LogP contribution in [0.4, 0.5) is 0 Å². The Morgan fingerprint density at radius 1 is 1.62 bits per heavy atom. The first-order valence-electron chi connectivity index (χ1n) is 4.37. The van der Waals surface area contributed by atoms with Crippen LogP contribution in [-0.4, -0.2) is 19.4 Å². The Labute approximate surface area is 101 Å². The van der Waals surface area contributed by atoms with Gasteiger partial charge in [0, 0.05) is 10.0 Å². The molecule has 4 nitrogen and oxygen atoms in total. The van der Waals surface area contributed by atoms with E-state index in [2.05, 4.69) is 20.7 Å². The molecule has 1 rings (SSSR count). The number of benzene rings is 1.